The Labute approximate surface area is 99.7 Å². The van der Waals surface area contributed by atoms with Crippen molar-refractivity contribution in [1.29, 1.82) is 0 Å². The maximum Gasteiger partial charge on any atom is 0.0584 e. The van der Waals surface area contributed by atoms with Crippen LogP contribution in [-0.2, 0) is 0 Å². The van der Waals surface area contributed by atoms with Crippen molar-refractivity contribution in [1.82, 2.24) is 4.90 Å². The van der Waals surface area contributed by atoms with Crippen LogP contribution in [0.4, 0.5) is 0 Å². The van der Waals surface area contributed by atoms with Crippen molar-refractivity contribution in [3.8, 4) is 0 Å². The zero-order chi connectivity index (χ0) is 12.6. The van der Waals surface area contributed by atoms with Gasteiger partial charge in [-0.3, -0.25) is 0 Å². The number of aliphatic hydroxyl groups is 1. The fourth-order valence-corrected chi connectivity index (χ4v) is 2.85. The van der Waals surface area contributed by atoms with Gasteiger partial charge in [0.2, 0.25) is 0 Å². The number of allylic oxidation sites excluding steroid dienone is 2. The highest BCUT2D eigenvalue weighted by Crippen LogP contribution is 2.38. The number of rotatable bonds is 2. The third-order valence-electron chi connectivity index (χ3n) is 3.28. The first-order chi connectivity index (χ1) is 7.15. The van der Waals surface area contributed by atoms with E-state index in [2.05, 4.69) is 45.4 Å². The predicted octanol–water partition coefficient (Wildman–Crippen LogP) is 3.09. The summed E-state index contributed by atoms with van der Waals surface area (Å²) >= 11 is 0. The molecule has 0 aromatic rings. The van der Waals surface area contributed by atoms with Crippen molar-refractivity contribution in [3.05, 3.63) is 24.4 Å². The molecule has 0 spiro atoms. The average molecular weight is 223 g/mol. The third kappa shape index (κ3) is 2.88. The first-order valence-electron chi connectivity index (χ1n) is 5.96. The number of hydrogen-bond donors (Lipinski definition) is 1. The Morgan fingerprint density at radius 2 is 1.69 bits per heavy atom. The SMILES string of the molecule is C=C(C)C=CN1C(C)(C)CC(O)CC1(C)C. The Kier molecular flexibility index (Phi) is 3.53. The fraction of sp³-hybridized carbons (Fsp3) is 0.714. The molecule has 0 bridgehead atoms. The molecule has 1 aliphatic rings. The van der Waals surface area contributed by atoms with Gasteiger partial charge >= 0.3 is 0 Å². The van der Waals surface area contributed by atoms with Crippen LogP contribution in [0, 0.1) is 0 Å². The number of aliphatic hydroxyl groups excluding tert-OH is 1. The minimum atomic E-state index is -0.195. The van der Waals surface area contributed by atoms with Crippen LogP contribution in [0.15, 0.2) is 24.4 Å². The lowest BCUT2D eigenvalue weighted by atomic mass is 9.78. The van der Waals surface area contributed by atoms with E-state index in [1.54, 1.807) is 0 Å². The van der Waals surface area contributed by atoms with Gasteiger partial charge in [-0.1, -0.05) is 12.2 Å². The van der Waals surface area contributed by atoms with Crippen LogP contribution in [-0.4, -0.2) is 27.2 Å². The Bertz CT molecular complexity index is 284. The summed E-state index contributed by atoms with van der Waals surface area (Å²) in [5.41, 5.74) is 1.04. The second kappa shape index (κ2) is 4.25. The van der Waals surface area contributed by atoms with Gasteiger partial charge in [0.15, 0.2) is 0 Å². The molecule has 0 unspecified atom stereocenters. The van der Waals surface area contributed by atoms with Crippen LogP contribution in [0.1, 0.15) is 47.5 Å². The Balaban J connectivity index is 2.97. The molecule has 1 saturated heterocycles. The molecule has 1 aliphatic heterocycles. The number of likely N-dealkylation sites (tertiary alicyclic amines) is 1. The minimum Gasteiger partial charge on any atom is -0.393 e. The predicted molar refractivity (Wildman–Crippen MR) is 69.2 cm³/mol. The van der Waals surface area contributed by atoms with Crippen molar-refractivity contribution >= 4 is 0 Å². The maximum absolute atomic E-state index is 9.91. The van der Waals surface area contributed by atoms with E-state index in [1.807, 2.05) is 13.0 Å². The molecular weight excluding hydrogens is 198 g/mol. The zero-order valence-corrected chi connectivity index (χ0v) is 11.2. The lowest BCUT2D eigenvalue weighted by Gasteiger charge is -2.54. The molecule has 0 amide bonds. The van der Waals surface area contributed by atoms with Crippen molar-refractivity contribution < 1.29 is 5.11 Å². The lowest BCUT2D eigenvalue weighted by molar-refractivity contribution is -0.0500. The molecule has 0 saturated carbocycles. The molecule has 0 radical (unpaired) electrons. The molecule has 92 valence electrons. The van der Waals surface area contributed by atoms with E-state index in [0.29, 0.717) is 0 Å². The third-order valence-corrected chi connectivity index (χ3v) is 3.28. The van der Waals surface area contributed by atoms with Gasteiger partial charge in [0, 0.05) is 17.3 Å². The summed E-state index contributed by atoms with van der Waals surface area (Å²) in [6.07, 6.45) is 5.60. The minimum absolute atomic E-state index is 0.00683. The first-order valence-corrected chi connectivity index (χ1v) is 5.96. The standard InChI is InChI=1S/C14H25NO/c1-11(2)7-8-15-13(3,4)9-12(16)10-14(15,5)6/h7-8,12,16H,1,9-10H2,2-6H3. The second-order valence-corrected chi connectivity index (χ2v) is 6.22. The van der Waals surface area contributed by atoms with Crippen LogP contribution >= 0.6 is 0 Å². The van der Waals surface area contributed by atoms with Crippen molar-refractivity contribution in [2.24, 2.45) is 0 Å². The summed E-state index contributed by atoms with van der Waals surface area (Å²) in [6.45, 7) is 14.6. The molecule has 0 aromatic carbocycles. The number of nitrogens with zero attached hydrogens (tertiary/aromatic N) is 1. The van der Waals surface area contributed by atoms with Gasteiger partial charge in [-0.25, -0.2) is 0 Å². The van der Waals surface area contributed by atoms with Crippen LogP contribution in [0.3, 0.4) is 0 Å². The van der Waals surface area contributed by atoms with Gasteiger partial charge in [-0.15, -0.1) is 0 Å². The van der Waals surface area contributed by atoms with Gasteiger partial charge in [-0.2, -0.15) is 0 Å². The topological polar surface area (TPSA) is 23.5 Å². The van der Waals surface area contributed by atoms with E-state index in [9.17, 15) is 5.11 Å². The van der Waals surface area contributed by atoms with Crippen molar-refractivity contribution in [2.75, 3.05) is 0 Å². The van der Waals surface area contributed by atoms with Gasteiger partial charge in [0.25, 0.3) is 0 Å². The lowest BCUT2D eigenvalue weighted by Crippen LogP contribution is -2.59. The van der Waals surface area contributed by atoms with Crippen molar-refractivity contribution in [2.45, 2.75) is 64.6 Å². The van der Waals surface area contributed by atoms with E-state index >= 15 is 0 Å². The normalized spacial score (nSPS) is 25.0. The first kappa shape index (κ1) is 13.3. The molecule has 16 heavy (non-hydrogen) atoms. The highest BCUT2D eigenvalue weighted by Gasteiger charge is 2.42. The summed E-state index contributed by atoms with van der Waals surface area (Å²) < 4.78 is 0. The second-order valence-electron chi connectivity index (χ2n) is 6.22. The van der Waals surface area contributed by atoms with Crippen LogP contribution in [0.25, 0.3) is 0 Å². The average Bonchev–Trinajstić information content (AvgIpc) is 1.96. The molecule has 0 aromatic heterocycles. The van der Waals surface area contributed by atoms with Gasteiger partial charge in [0.1, 0.15) is 0 Å². The molecule has 1 rings (SSSR count). The summed E-state index contributed by atoms with van der Waals surface area (Å²) in [4.78, 5) is 2.35. The van der Waals surface area contributed by atoms with Gasteiger partial charge < -0.3 is 10.0 Å². The van der Waals surface area contributed by atoms with E-state index < -0.39 is 0 Å². The Hall–Kier alpha value is -0.760. The summed E-state index contributed by atoms with van der Waals surface area (Å²) in [5.74, 6) is 0. The zero-order valence-electron chi connectivity index (χ0n) is 11.2. The fourth-order valence-electron chi connectivity index (χ4n) is 2.85. The van der Waals surface area contributed by atoms with E-state index in [0.717, 1.165) is 18.4 Å². The van der Waals surface area contributed by atoms with Crippen LogP contribution in [0.5, 0.6) is 0 Å². The molecule has 1 N–H and O–H groups in total. The van der Waals surface area contributed by atoms with Crippen LogP contribution in [0.2, 0.25) is 0 Å². The Morgan fingerprint density at radius 1 is 1.25 bits per heavy atom. The number of piperidine rings is 1. The Morgan fingerprint density at radius 3 is 2.06 bits per heavy atom. The van der Waals surface area contributed by atoms with E-state index in [4.69, 9.17) is 0 Å². The van der Waals surface area contributed by atoms with Gasteiger partial charge in [0.05, 0.1) is 6.10 Å². The summed E-state index contributed by atoms with van der Waals surface area (Å²) in [5, 5.41) is 9.91. The molecular formula is C14H25NO. The highest BCUT2D eigenvalue weighted by atomic mass is 16.3. The summed E-state index contributed by atoms with van der Waals surface area (Å²) in [7, 11) is 0. The van der Waals surface area contributed by atoms with Gasteiger partial charge in [-0.05, 0) is 53.5 Å². The van der Waals surface area contributed by atoms with E-state index in [-0.39, 0.29) is 17.2 Å². The quantitative estimate of drug-likeness (QED) is 0.727. The monoisotopic (exact) mass is 223 g/mol. The smallest absolute Gasteiger partial charge is 0.0584 e. The molecule has 2 nitrogen and oxygen atoms in total. The van der Waals surface area contributed by atoms with Crippen molar-refractivity contribution in [3.63, 3.8) is 0 Å². The molecule has 0 aliphatic carbocycles. The highest BCUT2D eigenvalue weighted by molar-refractivity contribution is 5.14. The van der Waals surface area contributed by atoms with E-state index in [1.165, 1.54) is 0 Å². The van der Waals surface area contributed by atoms with Crippen LogP contribution < -0.4 is 0 Å². The summed E-state index contributed by atoms with van der Waals surface area (Å²) in [6, 6.07) is 0. The maximum atomic E-state index is 9.91. The molecule has 2 heteroatoms. The molecule has 0 atom stereocenters. The number of hydrogen-bond acceptors (Lipinski definition) is 2. The molecule has 1 fully saturated rings. The molecule has 1 heterocycles. The largest absolute Gasteiger partial charge is 0.393 e.